The number of rotatable bonds is 4. The highest BCUT2D eigenvalue weighted by molar-refractivity contribution is 5.21. The van der Waals surface area contributed by atoms with Crippen molar-refractivity contribution in [3.05, 3.63) is 35.4 Å². The van der Waals surface area contributed by atoms with Crippen molar-refractivity contribution in [1.29, 1.82) is 0 Å². The van der Waals surface area contributed by atoms with Crippen LogP contribution in [-0.4, -0.2) is 17.3 Å². The minimum Gasteiger partial charge on any atom is -0.392 e. The lowest BCUT2D eigenvalue weighted by Crippen LogP contribution is -2.17. The van der Waals surface area contributed by atoms with Crippen LogP contribution >= 0.6 is 0 Å². The second-order valence-electron chi connectivity index (χ2n) is 4.48. The first-order valence-electron chi connectivity index (χ1n) is 5.84. The lowest BCUT2D eigenvalue weighted by molar-refractivity contribution is 0.0448. The summed E-state index contributed by atoms with van der Waals surface area (Å²) in [6.07, 6.45) is 3.46. The normalized spacial score (nSPS) is 24.9. The summed E-state index contributed by atoms with van der Waals surface area (Å²) in [5.74, 6) is 0. The highest BCUT2D eigenvalue weighted by Crippen LogP contribution is 2.21. The zero-order valence-electron chi connectivity index (χ0n) is 9.43. The van der Waals surface area contributed by atoms with Gasteiger partial charge >= 0.3 is 0 Å². The molecule has 0 heterocycles. The van der Waals surface area contributed by atoms with Crippen LogP contribution in [0.4, 0.5) is 0 Å². The second-order valence-corrected chi connectivity index (χ2v) is 4.48. The molecule has 1 saturated carbocycles. The zero-order valence-corrected chi connectivity index (χ0v) is 9.43. The van der Waals surface area contributed by atoms with Gasteiger partial charge in [-0.05, 0) is 30.4 Å². The number of ether oxygens (including phenoxy) is 1. The van der Waals surface area contributed by atoms with Crippen molar-refractivity contribution >= 4 is 0 Å². The van der Waals surface area contributed by atoms with Gasteiger partial charge in [-0.2, -0.15) is 0 Å². The van der Waals surface area contributed by atoms with E-state index in [1.165, 1.54) is 0 Å². The molecule has 2 unspecified atom stereocenters. The van der Waals surface area contributed by atoms with Gasteiger partial charge in [0, 0.05) is 6.04 Å². The summed E-state index contributed by atoms with van der Waals surface area (Å²) in [6, 6.07) is 8.18. The fourth-order valence-electron chi connectivity index (χ4n) is 2.08. The summed E-state index contributed by atoms with van der Waals surface area (Å²) < 4.78 is 5.79. The summed E-state index contributed by atoms with van der Waals surface area (Å²) in [5.41, 5.74) is 7.91. The Labute approximate surface area is 96.2 Å². The summed E-state index contributed by atoms with van der Waals surface area (Å²) in [6.45, 7) is 0.738. The van der Waals surface area contributed by atoms with Gasteiger partial charge in [0.1, 0.15) is 0 Å². The number of hydrogen-bond acceptors (Lipinski definition) is 3. The van der Waals surface area contributed by atoms with Gasteiger partial charge in [0.15, 0.2) is 0 Å². The molecule has 1 aromatic rings. The fourth-order valence-corrected chi connectivity index (χ4v) is 2.08. The Morgan fingerprint density at radius 3 is 2.44 bits per heavy atom. The van der Waals surface area contributed by atoms with Crippen LogP contribution in [0.5, 0.6) is 0 Å². The van der Waals surface area contributed by atoms with Gasteiger partial charge < -0.3 is 15.6 Å². The molecule has 0 bridgehead atoms. The predicted octanol–water partition coefficient (Wildman–Crippen LogP) is 1.58. The summed E-state index contributed by atoms with van der Waals surface area (Å²) >= 11 is 0. The van der Waals surface area contributed by atoms with Crippen molar-refractivity contribution < 1.29 is 9.84 Å². The van der Waals surface area contributed by atoms with E-state index >= 15 is 0 Å². The minimum absolute atomic E-state index is 0.0958. The first-order chi connectivity index (χ1) is 7.78. The molecule has 1 fully saturated rings. The number of nitrogens with two attached hydrogens (primary N) is 1. The monoisotopic (exact) mass is 221 g/mol. The van der Waals surface area contributed by atoms with Gasteiger partial charge in [0.05, 0.1) is 19.3 Å². The number of benzene rings is 1. The Bertz CT molecular complexity index is 323. The molecule has 2 rings (SSSR count). The van der Waals surface area contributed by atoms with Gasteiger partial charge in [-0.15, -0.1) is 0 Å². The van der Waals surface area contributed by atoms with Crippen LogP contribution in [-0.2, 0) is 18.0 Å². The number of aliphatic hydroxyl groups excluding tert-OH is 1. The molecule has 1 aromatic carbocycles. The SMILES string of the molecule is NC1CCC(OCc2ccc(CO)cc2)C1. The molecule has 1 aliphatic carbocycles. The van der Waals surface area contributed by atoms with E-state index < -0.39 is 0 Å². The van der Waals surface area contributed by atoms with Crippen LogP contribution in [0.1, 0.15) is 30.4 Å². The van der Waals surface area contributed by atoms with Crippen molar-refractivity contribution in [2.75, 3.05) is 0 Å². The lowest BCUT2D eigenvalue weighted by atomic mass is 10.1. The Hall–Kier alpha value is -0.900. The minimum atomic E-state index is 0.0958. The average Bonchev–Trinajstić information content (AvgIpc) is 2.73. The molecule has 88 valence electrons. The topological polar surface area (TPSA) is 55.5 Å². The van der Waals surface area contributed by atoms with Crippen LogP contribution in [0.25, 0.3) is 0 Å². The van der Waals surface area contributed by atoms with Gasteiger partial charge in [0.25, 0.3) is 0 Å². The molecule has 2 atom stereocenters. The van der Waals surface area contributed by atoms with Crippen LogP contribution in [0, 0.1) is 0 Å². The van der Waals surface area contributed by atoms with Crippen LogP contribution in [0.15, 0.2) is 24.3 Å². The third-order valence-electron chi connectivity index (χ3n) is 3.12. The molecule has 0 aliphatic heterocycles. The van der Waals surface area contributed by atoms with Crippen molar-refractivity contribution in [2.24, 2.45) is 5.73 Å². The molecule has 16 heavy (non-hydrogen) atoms. The molecule has 0 aromatic heterocycles. The maximum atomic E-state index is 8.92. The third-order valence-corrected chi connectivity index (χ3v) is 3.12. The van der Waals surface area contributed by atoms with Crippen molar-refractivity contribution in [1.82, 2.24) is 0 Å². The van der Waals surface area contributed by atoms with Gasteiger partial charge in [0.2, 0.25) is 0 Å². The van der Waals surface area contributed by atoms with E-state index in [2.05, 4.69) is 0 Å². The molecule has 0 spiro atoms. The van der Waals surface area contributed by atoms with Crippen LogP contribution in [0.2, 0.25) is 0 Å². The molecule has 3 nitrogen and oxygen atoms in total. The highest BCUT2D eigenvalue weighted by Gasteiger charge is 2.21. The molecular formula is C13H19NO2. The Morgan fingerprint density at radius 1 is 1.19 bits per heavy atom. The Balaban J connectivity index is 1.80. The fraction of sp³-hybridized carbons (Fsp3) is 0.538. The summed E-state index contributed by atoms with van der Waals surface area (Å²) in [4.78, 5) is 0. The molecule has 1 aliphatic rings. The Kier molecular flexibility index (Phi) is 3.93. The van der Waals surface area contributed by atoms with E-state index in [1.54, 1.807) is 0 Å². The third kappa shape index (κ3) is 3.04. The molecular weight excluding hydrogens is 202 g/mol. The molecule has 0 radical (unpaired) electrons. The number of aliphatic hydroxyl groups is 1. The van der Waals surface area contributed by atoms with E-state index in [9.17, 15) is 0 Å². The van der Waals surface area contributed by atoms with E-state index in [4.69, 9.17) is 15.6 Å². The van der Waals surface area contributed by atoms with Crippen molar-refractivity contribution in [2.45, 2.75) is 44.6 Å². The van der Waals surface area contributed by atoms with Crippen LogP contribution < -0.4 is 5.73 Å². The largest absolute Gasteiger partial charge is 0.392 e. The standard InChI is InChI=1S/C13H19NO2/c14-12-5-6-13(7-12)16-9-11-3-1-10(8-15)2-4-11/h1-4,12-13,15H,5-9,14H2. The molecule has 0 saturated heterocycles. The van der Waals surface area contributed by atoms with Gasteiger partial charge in [-0.3, -0.25) is 0 Å². The van der Waals surface area contributed by atoms with Gasteiger partial charge in [-0.25, -0.2) is 0 Å². The highest BCUT2D eigenvalue weighted by atomic mass is 16.5. The second kappa shape index (κ2) is 5.43. The smallest absolute Gasteiger partial charge is 0.0720 e. The summed E-state index contributed by atoms with van der Waals surface area (Å²) in [5, 5.41) is 8.92. The lowest BCUT2D eigenvalue weighted by Gasteiger charge is -2.11. The van der Waals surface area contributed by atoms with Crippen molar-refractivity contribution in [3.63, 3.8) is 0 Å². The molecule has 3 N–H and O–H groups in total. The zero-order chi connectivity index (χ0) is 11.4. The quantitative estimate of drug-likeness (QED) is 0.811. The van der Waals surface area contributed by atoms with Gasteiger partial charge in [-0.1, -0.05) is 24.3 Å². The average molecular weight is 221 g/mol. The Morgan fingerprint density at radius 2 is 1.88 bits per heavy atom. The van der Waals surface area contributed by atoms with E-state index in [0.717, 1.165) is 30.4 Å². The van der Waals surface area contributed by atoms with Crippen LogP contribution in [0.3, 0.4) is 0 Å². The van der Waals surface area contributed by atoms with E-state index in [-0.39, 0.29) is 6.61 Å². The molecule has 3 heteroatoms. The maximum absolute atomic E-state index is 8.92. The number of hydrogen-bond donors (Lipinski definition) is 2. The van der Waals surface area contributed by atoms with E-state index in [1.807, 2.05) is 24.3 Å². The first-order valence-corrected chi connectivity index (χ1v) is 5.84. The molecule has 0 amide bonds. The first kappa shape index (κ1) is 11.6. The maximum Gasteiger partial charge on any atom is 0.0720 e. The summed E-state index contributed by atoms with van der Waals surface area (Å²) in [7, 11) is 0. The predicted molar refractivity (Wildman–Crippen MR) is 62.8 cm³/mol. The van der Waals surface area contributed by atoms with E-state index in [0.29, 0.717) is 18.8 Å². The van der Waals surface area contributed by atoms with Crippen molar-refractivity contribution in [3.8, 4) is 0 Å².